The minimum absolute atomic E-state index is 0.0184. The van der Waals surface area contributed by atoms with E-state index >= 15 is 0 Å². The van der Waals surface area contributed by atoms with Crippen LogP contribution in [0.25, 0.3) is 0 Å². The quantitative estimate of drug-likeness (QED) is 0.233. The van der Waals surface area contributed by atoms with Crippen LogP contribution < -0.4 is 21.5 Å². The van der Waals surface area contributed by atoms with Crippen LogP contribution in [0.5, 0.6) is 5.75 Å². The first-order valence-corrected chi connectivity index (χ1v) is 10.3. The van der Waals surface area contributed by atoms with Crippen LogP contribution in [0.15, 0.2) is 26.6 Å². The fraction of sp³-hybridized carbons (Fsp3) is 0.333. The van der Waals surface area contributed by atoms with Crippen molar-refractivity contribution in [1.29, 1.82) is 0 Å². The maximum Gasteiger partial charge on any atom is 0.269 e. The molecule has 0 aliphatic heterocycles. The molecular weight excluding hydrogens is 422 g/mol. The highest BCUT2D eigenvalue weighted by molar-refractivity contribution is 7.89. The highest BCUT2D eigenvalue weighted by atomic mass is 35.5. The maximum absolute atomic E-state index is 12.5. The Bertz CT molecular complexity index is 1130. The molecule has 0 unspecified atom stereocenters. The van der Waals surface area contributed by atoms with E-state index in [-0.39, 0.29) is 28.1 Å². The summed E-state index contributed by atoms with van der Waals surface area (Å²) in [6, 6.07) is 2.28. The van der Waals surface area contributed by atoms with Crippen molar-refractivity contribution in [3.8, 4) is 18.1 Å². The summed E-state index contributed by atoms with van der Waals surface area (Å²) in [7, 11) is -2.03. The lowest BCUT2D eigenvalue weighted by atomic mass is 10.1. The summed E-state index contributed by atoms with van der Waals surface area (Å²) < 4.78 is 25.6. The van der Waals surface area contributed by atoms with Gasteiger partial charge in [-0.2, -0.15) is 0 Å². The highest BCUT2D eigenvalue weighted by Gasteiger charge is 2.30. The van der Waals surface area contributed by atoms with Crippen molar-refractivity contribution in [2.45, 2.75) is 30.7 Å². The first-order valence-electron chi connectivity index (χ1n) is 8.44. The average Bonchev–Trinajstić information content (AvgIpc) is 2.69. The van der Waals surface area contributed by atoms with E-state index in [2.05, 4.69) is 21.4 Å². The third-order valence-corrected chi connectivity index (χ3v) is 6.49. The molecule has 0 fully saturated rings. The minimum Gasteiger partial charge on any atom is -0.504 e. The summed E-state index contributed by atoms with van der Waals surface area (Å²) in [4.78, 5) is 28.0. The van der Waals surface area contributed by atoms with E-state index in [0.29, 0.717) is 17.3 Å². The van der Waals surface area contributed by atoms with E-state index in [9.17, 15) is 23.1 Å². The number of phenols is 1. The predicted octanol–water partition coefficient (Wildman–Crippen LogP) is 1.78. The SMILES string of the molecule is C#CC[C@H](CC)Nc1c(Nc2ccc(Cl)c(S(=O)(=O)N(C)OC)c2O)c(=O)c1=O. The highest BCUT2D eigenvalue weighted by Crippen LogP contribution is 2.39. The number of terminal acetylenes is 1. The van der Waals surface area contributed by atoms with Gasteiger partial charge in [-0.05, 0) is 18.6 Å². The van der Waals surface area contributed by atoms with Gasteiger partial charge < -0.3 is 15.7 Å². The molecule has 0 heterocycles. The Morgan fingerprint density at radius 3 is 2.48 bits per heavy atom. The van der Waals surface area contributed by atoms with Crippen LogP contribution in [-0.4, -0.2) is 38.2 Å². The summed E-state index contributed by atoms with van der Waals surface area (Å²) in [5.74, 6) is 1.75. The van der Waals surface area contributed by atoms with Crippen molar-refractivity contribution in [2.24, 2.45) is 0 Å². The number of hydroxylamine groups is 1. The van der Waals surface area contributed by atoms with Crippen LogP contribution in [0.2, 0.25) is 5.02 Å². The normalized spacial score (nSPS) is 12.7. The second-order valence-corrected chi connectivity index (χ2v) is 8.34. The topological polar surface area (TPSA) is 125 Å². The third-order valence-electron chi connectivity index (χ3n) is 4.31. The van der Waals surface area contributed by atoms with Gasteiger partial charge in [0.15, 0.2) is 5.75 Å². The van der Waals surface area contributed by atoms with Gasteiger partial charge in [0.05, 0.1) is 17.8 Å². The Balaban J connectivity index is 2.47. The average molecular weight is 442 g/mol. The van der Waals surface area contributed by atoms with Gasteiger partial charge in [0, 0.05) is 19.5 Å². The zero-order valence-electron chi connectivity index (χ0n) is 15.9. The Morgan fingerprint density at radius 1 is 1.31 bits per heavy atom. The number of anilines is 3. The van der Waals surface area contributed by atoms with Gasteiger partial charge in [0.1, 0.15) is 16.3 Å². The van der Waals surface area contributed by atoms with E-state index in [1.807, 2.05) is 6.92 Å². The van der Waals surface area contributed by atoms with Gasteiger partial charge in [-0.15, -0.1) is 12.3 Å². The van der Waals surface area contributed by atoms with Crippen LogP contribution in [0.1, 0.15) is 19.8 Å². The number of nitrogens with zero attached hydrogens (tertiary/aromatic N) is 1. The molecule has 2 aromatic rings. The molecule has 0 radical (unpaired) electrons. The number of halogens is 1. The van der Waals surface area contributed by atoms with Crippen molar-refractivity contribution in [2.75, 3.05) is 24.8 Å². The molecule has 0 bridgehead atoms. The summed E-state index contributed by atoms with van der Waals surface area (Å²) in [5.41, 5.74) is -1.76. The van der Waals surface area contributed by atoms with Gasteiger partial charge in [-0.25, -0.2) is 8.42 Å². The van der Waals surface area contributed by atoms with Crippen LogP contribution in [-0.2, 0) is 14.9 Å². The molecular formula is C18H20ClN3O6S. The van der Waals surface area contributed by atoms with E-state index in [1.165, 1.54) is 12.1 Å². The lowest BCUT2D eigenvalue weighted by molar-refractivity contribution is -0.0259. The number of rotatable bonds is 9. The molecule has 0 saturated heterocycles. The molecule has 11 heteroatoms. The van der Waals surface area contributed by atoms with Crippen LogP contribution in [0.3, 0.4) is 0 Å². The van der Waals surface area contributed by atoms with Gasteiger partial charge in [-0.1, -0.05) is 23.0 Å². The fourth-order valence-electron chi connectivity index (χ4n) is 2.55. The maximum atomic E-state index is 12.5. The van der Waals surface area contributed by atoms with Crippen LogP contribution in [0, 0.1) is 12.3 Å². The van der Waals surface area contributed by atoms with E-state index < -0.39 is 31.5 Å². The molecule has 9 nitrogen and oxygen atoms in total. The number of sulfonamides is 1. The molecule has 0 amide bonds. The first-order chi connectivity index (χ1) is 13.6. The number of aromatic hydroxyl groups is 1. The van der Waals surface area contributed by atoms with Crippen molar-refractivity contribution in [1.82, 2.24) is 4.47 Å². The van der Waals surface area contributed by atoms with Gasteiger partial charge in [-0.3, -0.25) is 14.4 Å². The standard InChI is InChI=1S/C18H20ClN3O6S/c1-5-7-10(6-2)20-13-14(17(25)16(13)24)21-12-9-8-11(19)18(15(12)23)29(26,27)22(3)28-4/h1,8-10,20-21,23H,6-7H2,2-4H3/t10-/m0/s1. The van der Waals surface area contributed by atoms with Crippen molar-refractivity contribution in [3.63, 3.8) is 0 Å². The molecule has 3 N–H and O–H groups in total. The summed E-state index contributed by atoms with van der Waals surface area (Å²) in [5, 5.41) is 15.8. The third kappa shape index (κ3) is 4.23. The zero-order valence-corrected chi connectivity index (χ0v) is 17.5. The van der Waals surface area contributed by atoms with E-state index in [4.69, 9.17) is 18.0 Å². The summed E-state index contributed by atoms with van der Waals surface area (Å²) >= 11 is 5.96. The molecule has 0 saturated carbocycles. The molecule has 156 valence electrons. The largest absolute Gasteiger partial charge is 0.504 e. The zero-order chi connectivity index (χ0) is 21.9. The molecule has 0 spiro atoms. The molecule has 2 rings (SSSR count). The minimum atomic E-state index is -4.28. The van der Waals surface area contributed by atoms with E-state index in [0.717, 1.165) is 14.2 Å². The first kappa shape index (κ1) is 22.7. The van der Waals surface area contributed by atoms with Crippen molar-refractivity contribution < 1.29 is 18.4 Å². The van der Waals surface area contributed by atoms with Crippen molar-refractivity contribution in [3.05, 3.63) is 37.6 Å². The second kappa shape index (κ2) is 8.84. The lowest BCUT2D eigenvalue weighted by Crippen LogP contribution is -2.39. The smallest absolute Gasteiger partial charge is 0.269 e. The molecule has 29 heavy (non-hydrogen) atoms. The number of benzene rings is 1. The molecule has 0 aliphatic rings. The van der Waals surface area contributed by atoms with Crippen LogP contribution >= 0.6 is 11.6 Å². The molecule has 0 aliphatic carbocycles. The Kier molecular flexibility index (Phi) is 6.92. The summed E-state index contributed by atoms with van der Waals surface area (Å²) in [6.45, 7) is 1.86. The fourth-order valence-corrected chi connectivity index (χ4v) is 4.11. The second-order valence-electron chi connectivity index (χ2n) is 6.06. The number of hydrogen-bond donors (Lipinski definition) is 3. The molecule has 0 aromatic heterocycles. The molecule has 1 atom stereocenters. The number of nitrogens with one attached hydrogen (secondary N) is 2. The van der Waals surface area contributed by atoms with E-state index in [1.54, 1.807) is 0 Å². The van der Waals surface area contributed by atoms with Gasteiger partial charge in [0.2, 0.25) is 0 Å². The van der Waals surface area contributed by atoms with Crippen molar-refractivity contribution >= 4 is 38.7 Å². The predicted molar refractivity (Wildman–Crippen MR) is 111 cm³/mol. The van der Waals surface area contributed by atoms with Gasteiger partial charge in [0.25, 0.3) is 20.9 Å². The summed E-state index contributed by atoms with van der Waals surface area (Å²) in [6.07, 6.45) is 6.25. The number of hydrogen-bond acceptors (Lipinski definition) is 8. The number of phenolic OH excluding ortho intramolecular Hbond substituents is 1. The Hall–Kier alpha value is -2.58. The monoisotopic (exact) mass is 441 g/mol. The Morgan fingerprint density at radius 2 is 1.93 bits per heavy atom. The lowest BCUT2D eigenvalue weighted by Gasteiger charge is -2.21. The van der Waals surface area contributed by atoms with Crippen LogP contribution in [0.4, 0.5) is 17.1 Å². The molecule has 2 aromatic carbocycles. The Labute approximate surface area is 172 Å². The van der Waals surface area contributed by atoms with Gasteiger partial charge >= 0.3 is 0 Å².